The van der Waals surface area contributed by atoms with Crippen molar-refractivity contribution >= 4 is 23.5 Å². The van der Waals surface area contributed by atoms with Crippen LogP contribution >= 0.6 is 11.6 Å². The van der Waals surface area contributed by atoms with Crippen molar-refractivity contribution in [2.75, 3.05) is 25.4 Å². The van der Waals surface area contributed by atoms with E-state index in [-0.39, 0.29) is 17.9 Å². The predicted octanol–water partition coefficient (Wildman–Crippen LogP) is 3.37. The van der Waals surface area contributed by atoms with E-state index < -0.39 is 0 Å². The van der Waals surface area contributed by atoms with E-state index >= 15 is 0 Å². The largest absolute Gasteiger partial charge is 0.368 e. The van der Waals surface area contributed by atoms with Crippen molar-refractivity contribution in [3.8, 4) is 0 Å². The number of aryl methyl sites for hydroxylation is 1. The lowest BCUT2D eigenvalue weighted by molar-refractivity contribution is 0.0932. The number of carbonyl (C=O) groups is 1. The maximum Gasteiger partial charge on any atom is 0.254 e. The number of hydrogen-bond acceptors (Lipinski definition) is 5. The Bertz CT molecular complexity index is 790. The molecule has 1 amide bonds. The molecule has 1 aliphatic heterocycles. The van der Waals surface area contributed by atoms with Gasteiger partial charge in [-0.2, -0.15) is 0 Å². The molecule has 1 saturated heterocycles. The lowest BCUT2D eigenvalue weighted by Gasteiger charge is -2.31. The van der Waals surface area contributed by atoms with Crippen molar-refractivity contribution in [1.29, 1.82) is 0 Å². The minimum Gasteiger partial charge on any atom is -0.368 e. The van der Waals surface area contributed by atoms with Crippen LogP contribution in [0, 0.1) is 6.92 Å². The molecule has 144 valence electrons. The van der Waals surface area contributed by atoms with Crippen LogP contribution in [0.15, 0.2) is 30.5 Å². The summed E-state index contributed by atoms with van der Waals surface area (Å²) in [5, 5.41) is 3.77. The van der Waals surface area contributed by atoms with Crippen LogP contribution in [0.5, 0.6) is 0 Å². The maximum absolute atomic E-state index is 12.7. The number of benzene rings is 1. The third-order valence-corrected chi connectivity index (χ3v) is 5.39. The standard InChI is InChI=1S/C20H26ClN5O/c1-14-16(12-24-20(22)25-14)19(27)23-13-18(15-8-4-5-9-17(15)21)26-10-6-2-3-7-11-26/h4-5,8-9,12,18H,2-3,6-7,10-11,13H2,1H3,(H,23,27)(H2,22,24,25)/t18-/m0/s1. The Morgan fingerprint density at radius 3 is 2.63 bits per heavy atom. The van der Waals surface area contributed by atoms with Crippen molar-refractivity contribution in [2.45, 2.75) is 38.6 Å². The zero-order chi connectivity index (χ0) is 19.2. The number of halogens is 1. The average molecular weight is 388 g/mol. The third-order valence-electron chi connectivity index (χ3n) is 5.04. The first-order chi connectivity index (χ1) is 13.1. The van der Waals surface area contributed by atoms with Gasteiger partial charge in [0.05, 0.1) is 17.3 Å². The lowest BCUT2D eigenvalue weighted by atomic mass is 10.0. The van der Waals surface area contributed by atoms with Crippen LogP contribution in [-0.2, 0) is 0 Å². The van der Waals surface area contributed by atoms with Gasteiger partial charge >= 0.3 is 0 Å². The molecule has 6 nitrogen and oxygen atoms in total. The smallest absolute Gasteiger partial charge is 0.254 e. The average Bonchev–Trinajstić information content (AvgIpc) is 2.92. The summed E-state index contributed by atoms with van der Waals surface area (Å²) in [6.45, 7) is 4.26. The normalized spacial score (nSPS) is 16.5. The first kappa shape index (κ1) is 19.6. The fourth-order valence-corrected chi connectivity index (χ4v) is 3.84. The Morgan fingerprint density at radius 2 is 1.96 bits per heavy atom. The molecule has 1 aromatic carbocycles. The lowest BCUT2D eigenvalue weighted by Crippen LogP contribution is -2.39. The van der Waals surface area contributed by atoms with Gasteiger partial charge in [-0.1, -0.05) is 42.6 Å². The van der Waals surface area contributed by atoms with Crippen molar-refractivity contribution in [3.05, 3.63) is 52.3 Å². The number of hydrogen-bond donors (Lipinski definition) is 2. The predicted molar refractivity (Wildman–Crippen MR) is 108 cm³/mol. The Morgan fingerprint density at radius 1 is 1.26 bits per heavy atom. The van der Waals surface area contributed by atoms with Crippen LogP contribution in [0.1, 0.15) is 53.3 Å². The van der Waals surface area contributed by atoms with E-state index in [9.17, 15) is 4.79 Å². The van der Waals surface area contributed by atoms with Gasteiger partial charge in [0.15, 0.2) is 0 Å². The molecule has 0 aliphatic carbocycles. The summed E-state index contributed by atoms with van der Waals surface area (Å²) in [6, 6.07) is 7.91. The highest BCUT2D eigenvalue weighted by Crippen LogP contribution is 2.29. The van der Waals surface area contributed by atoms with E-state index in [1.165, 1.54) is 31.9 Å². The van der Waals surface area contributed by atoms with Crippen LogP contribution in [-0.4, -0.2) is 40.4 Å². The molecule has 0 unspecified atom stereocenters. The highest BCUT2D eigenvalue weighted by Gasteiger charge is 2.24. The summed E-state index contributed by atoms with van der Waals surface area (Å²) >= 11 is 6.48. The second kappa shape index (κ2) is 9.15. The Balaban J connectivity index is 1.78. The van der Waals surface area contributed by atoms with Gasteiger partial charge in [-0.25, -0.2) is 9.97 Å². The number of amides is 1. The molecule has 0 saturated carbocycles. The van der Waals surface area contributed by atoms with Crippen LogP contribution in [0.25, 0.3) is 0 Å². The van der Waals surface area contributed by atoms with Gasteiger partial charge < -0.3 is 11.1 Å². The van der Waals surface area contributed by atoms with Gasteiger partial charge in [0, 0.05) is 17.8 Å². The first-order valence-corrected chi connectivity index (χ1v) is 9.80. The highest BCUT2D eigenvalue weighted by molar-refractivity contribution is 6.31. The fourth-order valence-electron chi connectivity index (χ4n) is 3.58. The van der Waals surface area contributed by atoms with Crippen LogP contribution in [0.4, 0.5) is 5.95 Å². The van der Waals surface area contributed by atoms with E-state index in [1.54, 1.807) is 6.92 Å². The number of nitrogens with two attached hydrogens (primary N) is 1. The molecule has 3 rings (SSSR count). The van der Waals surface area contributed by atoms with Crippen molar-refractivity contribution in [1.82, 2.24) is 20.2 Å². The molecule has 1 aromatic heterocycles. The molecule has 27 heavy (non-hydrogen) atoms. The fraction of sp³-hybridized carbons (Fsp3) is 0.450. The number of nitrogens with one attached hydrogen (secondary N) is 1. The van der Waals surface area contributed by atoms with Gasteiger partial charge in [-0.05, 0) is 44.5 Å². The van der Waals surface area contributed by atoms with Gasteiger partial charge in [0.1, 0.15) is 0 Å². The molecule has 1 fully saturated rings. The van der Waals surface area contributed by atoms with Crippen LogP contribution in [0.3, 0.4) is 0 Å². The zero-order valence-electron chi connectivity index (χ0n) is 15.6. The topological polar surface area (TPSA) is 84.1 Å². The molecule has 2 aromatic rings. The van der Waals surface area contributed by atoms with Crippen LogP contribution < -0.4 is 11.1 Å². The number of nitrogen functional groups attached to an aromatic ring is 1. The minimum absolute atomic E-state index is 0.0377. The zero-order valence-corrected chi connectivity index (χ0v) is 16.4. The summed E-state index contributed by atoms with van der Waals surface area (Å²) < 4.78 is 0. The number of aromatic nitrogens is 2. The van der Waals surface area contributed by atoms with E-state index in [0.29, 0.717) is 17.8 Å². The summed E-state index contributed by atoms with van der Waals surface area (Å²) in [7, 11) is 0. The molecule has 3 N–H and O–H groups in total. The third kappa shape index (κ3) is 4.96. The summed E-state index contributed by atoms with van der Waals surface area (Å²) in [6.07, 6.45) is 6.31. The van der Waals surface area contributed by atoms with E-state index in [0.717, 1.165) is 23.7 Å². The molecule has 7 heteroatoms. The molecule has 0 radical (unpaired) electrons. The Hall–Kier alpha value is -2.18. The number of likely N-dealkylation sites (tertiary alicyclic amines) is 1. The van der Waals surface area contributed by atoms with E-state index in [4.69, 9.17) is 17.3 Å². The number of anilines is 1. The summed E-state index contributed by atoms with van der Waals surface area (Å²) in [5.74, 6) is -0.0260. The van der Waals surface area contributed by atoms with Crippen LogP contribution in [0.2, 0.25) is 5.02 Å². The number of carbonyl (C=O) groups excluding carboxylic acids is 1. The monoisotopic (exact) mass is 387 g/mol. The second-order valence-electron chi connectivity index (χ2n) is 6.92. The molecule has 0 spiro atoms. The molecule has 1 aliphatic rings. The Labute approximate surface area is 165 Å². The minimum atomic E-state index is -0.195. The molecular weight excluding hydrogens is 362 g/mol. The second-order valence-corrected chi connectivity index (χ2v) is 7.33. The quantitative estimate of drug-likeness (QED) is 0.821. The SMILES string of the molecule is Cc1nc(N)ncc1C(=O)NC[C@@H](c1ccccc1Cl)N1CCCCCC1. The summed E-state index contributed by atoms with van der Waals surface area (Å²) in [5.41, 5.74) is 7.64. The van der Waals surface area contributed by atoms with Crippen molar-refractivity contribution in [2.24, 2.45) is 0 Å². The van der Waals surface area contributed by atoms with Gasteiger partial charge in [0.25, 0.3) is 5.91 Å². The molecule has 0 bridgehead atoms. The number of rotatable bonds is 5. The van der Waals surface area contributed by atoms with Gasteiger partial charge in [0.2, 0.25) is 5.95 Å². The molecular formula is C20H26ClN5O. The first-order valence-electron chi connectivity index (χ1n) is 9.42. The van der Waals surface area contributed by atoms with Crippen molar-refractivity contribution < 1.29 is 4.79 Å². The Kier molecular flexibility index (Phi) is 6.63. The van der Waals surface area contributed by atoms with E-state index in [2.05, 4.69) is 20.2 Å². The highest BCUT2D eigenvalue weighted by atomic mass is 35.5. The molecule has 2 heterocycles. The maximum atomic E-state index is 12.7. The van der Waals surface area contributed by atoms with Gasteiger partial charge in [-0.3, -0.25) is 9.69 Å². The van der Waals surface area contributed by atoms with Gasteiger partial charge in [-0.15, -0.1) is 0 Å². The van der Waals surface area contributed by atoms with Crippen molar-refractivity contribution in [3.63, 3.8) is 0 Å². The number of nitrogens with zero attached hydrogens (tertiary/aromatic N) is 3. The molecule has 1 atom stereocenters. The summed E-state index contributed by atoms with van der Waals surface area (Å²) in [4.78, 5) is 23.1. The van der Waals surface area contributed by atoms with E-state index in [1.807, 2.05) is 24.3 Å².